The predicted molar refractivity (Wildman–Crippen MR) is 152 cm³/mol. The number of aryl methyl sites for hydroxylation is 2. The van der Waals surface area contributed by atoms with Gasteiger partial charge >= 0.3 is 0 Å². The highest BCUT2D eigenvalue weighted by atomic mass is 35.5. The first-order valence-corrected chi connectivity index (χ1v) is 14.4. The number of halogens is 2. The molecule has 0 spiro atoms. The lowest BCUT2D eigenvalue weighted by Gasteiger charge is -2.32. The Bertz CT molecular complexity index is 1430. The molecule has 3 aromatic rings. The van der Waals surface area contributed by atoms with E-state index in [1.165, 1.54) is 48.2 Å². The Balaban J connectivity index is 2.06. The second kappa shape index (κ2) is 13.1. The standard InChI is InChI=1S/C29H33ClFN3O4S/c1-5-16-32-29(36)22(4)33(18-23-8-6-7-9-26(23)31)28(35)19-34(27-15-12-24(30)17-21(27)3)39(37,38)25-13-10-20(2)11-14-25/h6-15,17,22H,5,16,18-19H2,1-4H3,(H,32,36)/t22-/m1/s1. The second-order valence-electron chi connectivity index (χ2n) is 9.34. The number of carbonyl (C=O) groups excluding carboxylic acids is 2. The van der Waals surface area contributed by atoms with Gasteiger partial charge in [-0.25, -0.2) is 12.8 Å². The smallest absolute Gasteiger partial charge is 0.264 e. The quantitative estimate of drug-likeness (QED) is 0.340. The van der Waals surface area contributed by atoms with Gasteiger partial charge in [-0.05, 0) is 69.2 Å². The molecule has 0 aromatic heterocycles. The highest BCUT2D eigenvalue weighted by Gasteiger charge is 2.33. The predicted octanol–water partition coefficient (Wildman–Crippen LogP) is 5.23. The molecule has 0 aliphatic heterocycles. The maximum Gasteiger partial charge on any atom is 0.264 e. The third-order valence-electron chi connectivity index (χ3n) is 6.33. The van der Waals surface area contributed by atoms with Gasteiger partial charge in [0.15, 0.2) is 0 Å². The molecule has 0 bridgehead atoms. The fraction of sp³-hybridized carbons (Fsp3) is 0.310. The SMILES string of the molecule is CCCNC(=O)[C@@H](C)N(Cc1ccccc1F)C(=O)CN(c1ccc(Cl)cc1C)S(=O)(=O)c1ccc(C)cc1. The van der Waals surface area contributed by atoms with Gasteiger partial charge in [-0.15, -0.1) is 0 Å². The van der Waals surface area contributed by atoms with Crippen LogP contribution in [0.2, 0.25) is 5.02 Å². The third-order valence-corrected chi connectivity index (χ3v) is 8.34. The van der Waals surface area contributed by atoms with E-state index < -0.39 is 40.2 Å². The first-order chi connectivity index (χ1) is 18.4. The van der Waals surface area contributed by atoms with Crippen molar-refractivity contribution < 1.29 is 22.4 Å². The topological polar surface area (TPSA) is 86.8 Å². The van der Waals surface area contributed by atoms with Gasteiger partial charge in [-0.3, -0.25) is 13.9 Å². The van der Waals surface area contributed by atoms with E-state index >= 15 is 0 Å². The highest BCUT2D eigenvalue weighted by molar-refractivity contribution is 7.92. The van der Waals surface area contributed by atoms with Gasteiger partial charge in [-0.1, -0.05) is 54.4 Å². The minimum Gasteiger partial charge on any atom is -0.354 e. The second-order valence-corrected chi connectivity index (χ2v) is 11.6. The van der Waals surface area contributed by atoms with Crippen LogP contribution in [-0.2, 0) is 26.2 Å². The molecule has 0 saturated heterocycles. The number of sulfonamides is 1. The number of carbonyl (C=O) groups is 2. The van der Waals surface area contributed by atoms with Crippen LogP contribution >= 0.6 is 11.6 Å². The normalized spacial score (nSPS) is 12.1. The van der Waals surface area contributed by atoms with Gasteiger partial charge in [-0.2, -0.15) is 0 Å². The van der Waals surface area contributed by atoms with Gasteiger partial charge < -0.3 is 10.2 Å². The molecular formula is C29H33ClFN3O4S. The van der Waals surface area contributed by atoms with Crippen LogP contribution in [0.3, 0.4) is 0 Å². The van der Waals surface area contributed by atoms with Crippen molar-refractivity contribution in [2.45, 2.75) is 51.6 Å². The summed E-state index contributed by atoms with van der Waals surface area (Å²) in [6.45, 7) is 6.55. The van der Waals surface area contributed by atoms with Crippen molar-refractivity contribution in [1.29, 1.82) is 0 Å². The zero-order valence-electron chi connectivity index (χ0n) is 22.4. The molecule has 0 aliphatic carbocycles. The summed E-state index contributed by atoms with van der Waals surface area (Å²) in [6, 6.07) is 16.0. The number of hydrogen-bond donors (Lipinski definition) is 1. The van der Waals surface area contributed by atoms with E-state index in [0.717, 1.165) is 9.87 Å². The molecule has 1 N–H and O–H groups in total. The zero-order chi connectivity index (χ0) is 28.7. The molecular weight excluding hydrogens is 541 g/mol. The van der Waals surface area contributed by atoms with Gasteiger partial charge in [0.05, 0.1) is 10.6 Å². The van der Waals surface area contributed by atoms with E-state index in [1.54, 1.807) is 37.3 Å². The molecule has 1 atom stereocenters. The van der Waals surface area contributed by atoms with E-state index in [4.69, 9.17) is 11.6 Å². The number of anilines is 1. The number of amides is 2. The van der Waals surface area contributed by atoms with Gasteiger partial charge in [0.2, 0.25) is 11.8 Å². The summed E-state index contributed by atoms with van der Waals surface area (Å²) < 4.78 is 43.4. The summed E-state index contributed by atoms with van der Waals surface area (Å²) in [6.07, 6.45) is 0.693. The molecule has 3 aromatic carbocycles. The summed E-state index contributed by atoms with van der Waals surface area (Å²) >= 11 is 6.13. The van der Waals surface area contributed by atoms with Crippen molar-refractivity contribution >= 4 is 39.1 Å². The molecule has 39 heavy (non-hydrogen) atoms. The van der Waals surface area contributed by atoms with Gasteiger partial charge in [0.1, 0.15) is 18.4 Å². The molecule has 0 unspecified atom stereocenters. The van der Waals surface area contributed by atoms with Crippen molar-refractivity contribution in [3.05, 3.63) is 94.3 Å². The van der Waals surface area contributed by atoms with E-state index in [2.05, 4.69) is 5.32 Å². The van der Waals surface area contributed by atoms with E-state index in [0.29, 0.717) is 23.6 Å². The van der Waals surface area contributed by atoms with Gasteiger partial charge in [0.25, 0.3) is 10.0 Å². The summed E-state index contributed by atoms with van der Waals surface area (Å²) in [5.41, 5.74) is 1.89. The first kappa shape index (κ1) is 30.1. The first-order valence-electron chi connectivity index (χ1n) is 12.6. The van der Waals surface area contributed by atoms with Crippen molar-refractivity contribution in [2.75, 3.05) is 17.4 Å². The maximum atomic E-state index is 14.6. The fourth-order valence-electron chi connectivity index (χ4n) is 4.04. The molecule has 208 valence electrons. The lowest BCUT2D eigenvalue weighted by molar-refractivity contribution is -0.139. The molecule has 0 radical (unpaired) electrons. The van der Waals surface area contributed by atoms with Crippen LogP contribution in [0.15, 0.2) is 71.6 Å². The molecule has 0 aliphatic rings. The molecule has 2 amide bonds. The van der Waals surface area contributed by atoms with Crippen LogP contribution in [0, 0.1) is 19.7 Å². The van der Waals surface area contributed by atoms with Crippen molar-refractivity contribution in [2.24, 2.45) is 0 Å². The molecule has 7 nitrogen and oxygen atoms in total. The third kappa shape index (κ3) is 7.36. The molecule has 3 rings (SSSR count). The Morgan fingerprint density at radius 3 is 2.31 bits per heavy atom. The molecule has 0 heterocycles. The number of hydrogen-bond acceptors (Lipinski definition) is 4. The van der Waals surface area contributed by atoms with E-state index in [1.807, 2.05) is 13.8 Å². The van der Waals surface area contributed by atoms with Crippen LogP contribution in [0.5, 0.6) is 0 Å². The number of benzene rings is 3. The van der Waals surface area contributed by atoms with Crippen molar-refractivity contribution in [3.8, 4) is 0 Å². The average Bonchev–Trinajstić information content (AvgIpc) is 2.90. The van der Waals surface area contributed by atoms with Crippen LogP contribution < -0.4 is 9.62 Å². The lowest BCUT2D eigenvalue weighted by Crippen LogP contribution is -2.51. The Labute approximate surface area is 234 Å². The minimum absolute atomic E-state index is 0.00430. The van der Waals surface area contributed by atoms with Gasteiger partial charge in [0, 0.05) is 23.7 Å². The van der Waals surface area contributed by atoms with Crippen molar-refractivity contribution in [1.82, 2.24) is 10.2 Å². The summed E-state index contributed by atoms with van der Waals surface area (Å²) in [5.74, 6) is -1.62. The average molecular weight is 574 g/mol. The Hall–Kier alpha value is -3.43. The van der Waals surface area contributed by atoms with Crippen molar-refractivity contribution in [3.63, 3.8) is 0 Å². The van der Waals surface area contributed by atoms with E-state index in [9.17, 15) is 22.4 Å². The fourth-order valence-corrected chi connectivity index (χ4v) is 5.74. The highest BCUT2D eigenvalue weighted by Crippen LogP contribution is 2.29. The monoisotopic (exact) mass is 573 g/mol. The van der Waals surface area contributed by atoms with Crippen LogP contribution in [0.1, 0.15) is 37.0 Å². The number of nitrogens with zero attached hydrogens (tertiary/aromatic N) is 2. The number of rotatable bonds is 11. The zero-order valence-corrected chi connectivity index (χ0v) is 24.0. The maximum absolute atomic E-state index is 14.6. The van der Waals surface area contributed by atoms with Crippen LogP contribution in [0.25, 0.3) is 0 Å². The summed E-state index contributed by atoms with van der Waals surface area (Å²) in [5, 5.41) is 3.17. The Morgan fingerprint density at radius 2 is 1.69 bits per heavy atom. The van der Waals surface area contributed by atoms with E-state index in [-0.39, 0.29) is 22.7 Å². The molecule has 0 fully saturated rings. The Morgan fingerprint density at radius 1 is 1.03 bits per heavy atom. The van der Waals surface area contributed by atoms with Crippen LogP contribution in [0.4, 0.5) is 10.1 Å². The largest absolute Gasteiger partial charge is 0.354 e. The summed E-state index contributed by atoms with van der Waals surface area (Å²) in [7, 11) is -4.21. The molecule has 0 saturated carbocycles. The minimum atomic E-state index is -4.21. The lowest BCUT2D eigenvalue weighted by atomic mass is 10.1. The summed E-state index contributed by atoms with van der Waals surface area (Å²) in [4.78, 5) is 27.9. The molecule has 10 heteroatoms. The van der Waals surface area contributed by atoms with Crippen LogP contribution in [-0.4, -0.2) is 44.3 Å². The number of nitrogens with one attached hydrogen (secondary N) is 1. The Kier molecular flexibility index (Phi) is 10.1.